The van der Waals surface area contributed by atoms with Gasteiger partial charge in [0.1, 0.15) is 17.2 Å². The van der Waals surface area contributed by atoms with Crippen molar-refractivity contribution in [1.82, 2.24) is 10.9 Å². The van der Waals surface area contributed by atoms with Crippen molar-refractivity contribution in [1.29, 1.82) is 0 Å². The highest BCUT2D eigenvalue weighted by Gasteiger charge is 2.14. The van der Waals surface area contributed by atoms with Crippen LogP contribution in [-0.4, -0.2) is 32.1 Å². The molecule has 0 bridgehead atoms. The van der Waals surface area contributed by atoms with Crippen LogP contribution in [0.2, 0.25) is 0 Å². The Hall–Kier alpha value is -2.74. The first-order valence-electron chi connectivity index (χ1n) is 9.82. The maximum atomic E-state index is 12.5. The number of ether oxygens (including phenoxy) is 3. The van der Waals surface area contributed by atoms with Gasteiger partial charge in [0, 0.05) is 4.47 Å². The predicted octanol–water partition coefficient (Wildman–Crippen LogP) is 4.26. The van der Waals surface area contributed by atoms with E-state index >= 15 is 0 Å². The molecule has 0 aliphatic heterocycles. The molecular weight excluding hydrogens is 452 g/mol. The molecule has 162 valence electrons. The number of hydrogen-bond donors (Lipinski definition) is 2. The predicted molar refractivity (Wildman–Crippen MR) is 118 cm³/mol. The van der Waals surface area contributed by atoms with Crippen LogP contribution in [0.1, 0.15) is 43.0 Å². The Morgan fingerprint density at radius 3 is 2.37 bits per heavy atom. The van der Waals surface area contributed by atoms with E-state index in [4.69, 9.17) is 14.2 Å². The smallest absolute Gasteiger partial charge is 0.276 e. The SMILES string of the molecule is CCCCCCOc1ccc(Br)cc1C(=O)NNC(=O)COc1ccc(OC)cc1. The van der Waals surface area contributed by atoms with E-state index in [0.717, 1.165) is 30.2 Å². The molecule has 30 heavy (non-hydrogen) atoms. The first-order valence-corrected chi connectivity index (χ1v) is 10.6. The number of hydrogen-bond acceptors (Lipinski definition) is 5. The highest BCUT2D eigenvalue weighted by molar-refractivity contribution is 9.10. The first kappa shape index (κ1) is 23.5. The zero-order valence-electron chi connectivity index (χ0n) is 17.2. The molecule has 0 fully saturated rings. The summed E-state index contributed by atoms with van der Waals surface area (Å²) >= 11 is 3.36. The van der Waals surface area contributed by atoms with Gasteiger partial charge < -0.3 is 14.2 Å². The average Bonchev–Trinajstić information content (AvgIpc) is 2.77. The summed E-state index contributed by atoms with van der Waals surface area (Å²) in [6.45, 7) is 2.43. The number of rotatable bonds is 11. The standard InChI is InChI=1S/C22H27BrN2O5/c1-3-4-5-6-13-29-20-12-7-16(23)14-19(20)22(27)25-24-21(26)15-30-18-10-8-17(28-2)9-11-18/h7-12,14H,3-6,13,15H2,1-2H3,(H,24,26)(H,25,27). The van der Waals surface area contributed by atoms with Crippen LogP contribution in [-0.2, 0) is 4.79 Å². The summed E-state index contributed by atoms with van der Waals surface area (Å²) in [6.07, 6.45) is 4.30. The van der Waals surface area contributed by atoms with Crippen LogP contribution in [0.5, 0.6) is 17.2 Å². The lowest BCUT2D eigenvalue weighted by Crippen LogP contribution is -2.44. The highest BCUT2D eigenvalue weighted by atomic mass is 79.9. The third-order valence-corrected chi connectivity index (χ3v) is 4.68. The second kappa shape index (κ2) is 12.7. The Balaban J connectivity index is 1.83. The average molecular weight is 479 g/mol. The quantitative estimate of drug-likeness (QED) is 0.372. The molecule has 0 saturated carbocycles. The Labute approximate surface area is 185 Å². The largest absolute Gasteiger partial charge is 0.497 e. The van der Waals surface area contributed by atoms with Gasteiger partial charge in [0.2, 0.25) is 0 Å². The minimum atomic E-state index is -0.490. The lowest BCUT2D eigenvalue weighted by Gasteiger charge is -2.13. The molecule has 0 aromatic heterocycles. The van der Waals surface area contributed by atoms with E-state index in [1.165, 1.54) is 0 Å². The van der Waals surface area contributed by atoms with Crippen LogP contribution in [0.25, 0.3) is 0 Å². The summed E-state index contributed by atoms with van der Waals surface area (Å²) in [5, 5.41) is 0. The van der Waals surface area contributed by atoms with Crippen LogP contribution in [0.4, 0.5) is 0 Å². The normalized spacial score (nSPS) is 10.2. The van der Waals surface area contributed by atoms with Crippen molar-refractivity contribution in [3.63, 3.8) is 0 Å². The molecule has 8 heteroatoms. The van der Waals surface area contributed by atoms with Gasteiger partial charge in [-0.25, -0.2) is 0 Å². The summed E-state index contributed by atoms with van der Waals surface area (Å²) in [5.74, 6) is 0.712. The molecular formula is C22H27BrN2O5. The van der Waals surface area contributed by atoms with E-state index in [-0.39, 0.29) is 6.61 Å². The summed E-state index contributed by atoms with van der Waals surface area (Å²) in [4.78, 5) is 24.5. The molecule has 2 aromatic rings. The van der Waals surface area contributed by atoms with E-state index in [1.807, 2.05) is 0 Å². The molecule has 0 spiro atoms. The molecule has 2 rings (SSSR count). The molecule has 0 saturated heterocycles. The molecule has 0 heterocycles. The van der Waals surface area contributed by atoms with Gasteiger partial charge in [0.15, 0.2) is 6.61 Å². The number of carbonyl (C=O) groups excluding carboxylic acids is 2. The molecule has 7 nitrogen and oxygen atoms in total. The topological polar surface area (TPSA) is 85.9 Å². The van der Waals surface area contributed by atoms with Gasteiger partial charge in [-0.15, -0.1) is 0 Å². The van der Waals surface area contributed by atoms with Crippen molar-refractivity contribution in [3.05, 3.63) is 52.5 Å². The molecule has 2 amide bonds. The highest BCUT2D eigenvalue weighted by Crippen LogP contribution is 2.23. The van der Waals surface area contributed by atoms with Gasteiger partial charge in [-0.2, -0.15) is 0 Å². The maximum Gasteiger partial charge on any atom is 0.276 e. The summed E-state index contributed by atoms with van der Waals surface area (Å²) < 4.78 is 16.9. The summed E-state index contributed by atoms with van der Waals surface area (Å²) in [6, 6.07) is 12.0. The second-order valence-corrected chi connectivity index (χ2v) is 7.43. The van der Waals surface area contributed by atoms with E-state index in [1.54, 1.807) is 49.6 Å². The van der Waals surface area contributed by atoms with Gasteiger partial charge in [0.05, 0.1) is 19.3 Å². The van der Waals surface area contributed by atoms with Gasteiger partial charge in [-0.3, -0.25) is 20.4 Å². The number of halogens is 1. The maximum absolute atomic E-state index is 12.5. The Kier molecular flexibility index (Phi) is 10.00. The minimum Gasteiger partial charge on any atom is -0.497 e. The van der Waals surface area contributed by atoms with Gasteiger partial charge in [-0.1, -0.05) is 42.1 Å². The minimum absolute atomic E-state index is 0.244. The van der Waals surface area contributed by atoms with Crippen molar-refractivity contribution in [2.75, 3.05) is 20.3 Å². The molecule has 2 N–H and O–H groups in total. The molecule has 0 atom stereocenters. The lowest BCUT2D eigenvalue weighted by atomic mass is 10.2. The van der Waals surface area contributed by atoms with E-state index in [0.29, 0.717) is 29.4 Å². The number of hydrazine groups is 1. The number of methoxy groups -OCH3 is 1. The molecule has 0 unspecified atom stereocenters. The molecule has 0 aliphatic carbocycles. The van der Waals surface area contributed by atoms with Crippen molar-refractivity contribution in [3.8, 4) is 17.2 Å². The third kappa shape index (κ3) is 7.94. The summed E-state index contributed by atoms with van der Waals surface area (Å²) in [5.41, 5.74) is 5.07. The van der Waals surface area contributed by atoms with Gasteiger partial charge >= 0.3 is 0 Å². The fraction of sp³-hybridized carbons (Fsp3) is 0.364. The van der Waals surface area contributed by atoms with Crippen molar-refractivity contribution < 1.29 is 23.8 Å². The number of unbranched alkanes of at least 4 members (excludes halogenated alkanes) is 3. The van der Waals surface area contributed by atoms with Crippen molar-refractivity contribution in [2.24, 2.45) is 0 Å². The van der Waals surface area contributed by atoms with Crippen molar-refractivity contribution >= 4 is 27.7 Å². The first-order chi connectivity index (χ1) is 14.5. The van der Waals surface area contributed by atoms with E-state index in [9.17, 15) is 9.59 Å². The number of benzene rings is 2. The van der Waals surface area contributed by atoms with E-state index in [2.05, 4.69) is 33.7 Å². The Bertz CT molecular complexity index is 827. The number of nitrogens with one attached hydrogen (secondary N) is 2. The van der Waals surface area contributed by atoms with E-state index < -0.39 is 11.8 Å². The Morgan fingerprint density at radius 1 is 0.933 bits per heavy atom. The number of amides is 2. The molecule has 0 radical (unpaired) electrons. The van der Waals surface area contributed by atoms with Gasteiger partial charge in [0.25, 0.3) is 11.8 Å². The van der Waals surface area contributed by atoms with Crippen LogP contribution in [0.15, 0.2) is 46.9 Å². The van der Waals surface area contributed by atoms with Crippen LogP contribution >= 0.6 is 15.9 Å². The van der Waals surface area contributed by atoms with Crippen molar-refractivity contribution in [2.45, 2.75) is 32.6 Å². The van der Waals surface area contributed by atoms with Gasteiger partial charge in [-0.05, 0) is 48.9 Å². The Morgan fingerprint density at radius 2 is 1.67 bits per heavy atom. The number of carbonyl (C=O) groups is 2. The molecule has 0 aliphatic rings. The summed E-state index contributed by atoms with van der Waals surface area (Å²) in [7, 11) is 1.57. The van der Waals surface area contributed by atoms with Crippen LogP contribution < -0.4 is 25.1 Å². The lowest BCUT2D eigenvalue weighted by molar-refractivity contribution is -0.123. The fourth-order valence-electron chi connectivity index (χ4n) is 2.57. The third-order valence-electron chi connectivity index (χ3n) is 4.19. The molecule has 2 aromatic carbocycles. The van der Waals surface area contributed by atoms with Crippen LogP contribution in [0, 0.1) is 0 Å². The zero-order valence-corrected chi connectivity index (χ0v) is 18.8. The zero-order chi connectivity index (χ0) is 21.8. The second-order valence-electron chi connectivity index (χ2n) is 6.52. The monoisotopic (exact) mass is 478 g/mol. The fourth-order valence-corrected chi connectivity index (χ4v) is 2.93. The van der Waals surface area contributed by atoms with Crippen LogP contribution in [0.3, 0.4) is 0 Å².